The Morgan fingerprint density at radius 3 is 2.85 bits per heavy atom. The molecule has 0 fully saturated rings. The minimum absolute atomic E-state index is 0.170. The highest BCUT2D eigenvalue weighted by Gasteiger charge is 2.14. The maximum atomic E-state index is 12.9. The number of aryl methyl sites for hydroxylation is 1. The molecule has 4 aromatic rings. The summed E-state index contributed by atoms with van der Waals surface area (Å²) in [5.41, 5.74) is 2.17. The summed E-state index contributed by atoms with van der Waals surface area (Å²) in [6.07, 6.45) is 1.74. The number of aromatic nitrogens is 3. The molecule has 134 valence electrons. The molecule has 1 N–H and O–H groups in total. The molecule has 4 rings (SSSR count). The smallest absolute Gasteiger partial charge is 0.256 e. The number of hydrogen-bond donors (Lipinski definition) is 1. The second-order valence-electron chi connectivity index (χ2n) is 5.85. The predicted molar refractivity (Wildman–Crippen MR) is 105 cm³/mol. The average Bonchev–Trinajstić information content (AvgIpc) is 3.12. The van der Waals surface area contributed by atoms with Gasteiger partial charge in [0, 0.05) is 16.5 Å². The first-order chi connectivity index (χ1) is 13.2. The fraction of sp³-hybridized carbons (Fsp3) is 0.100. The van der Waals surface area contributed by atoms with Crippen LogP contribution < -0.4 is 5.32 Å². The van der Waals surface area contributed by atoms with Crippen LogP contribution in [0.3, 0.4) is 0 Å². The summed E-state index contributed by atoms with van der Waals surface area (Å²) < 4.78 is 5.14. The molecule has 0 saturated heterocycles. The summed E-state index contributed by atoms with van der Waals surface area (Å²) in [5.74, 6) is 1.47. The summed E-state index contributed by atoms with van der Waals surface area (Å²) in [4.78, 5) is 22.3. The maximum absolute atomic E-state index is 12.9. The van der Waals surface area contributed by atoms with E-state index in [1.807, 2.05) is 48.5 Å². The molecule has 2 heterocycles. The summed E-state index contributed by atoms with van der Waals surface area (Å²) in [5, 5.41) is 7.69. The first kappa shape index (κ1) is 17.2. The molecule has 27 heavy (non-hydrogen) atoms. The number of carbonyl (C=O) groups excluding carboxylic acids is 1. The molecule has 7 heteroatoms. The van der Waals surface area contributed by atoms with Crippen LogP contribution in [-0.2, 0) is 5.75 Å². The Bertz CT molecular complexity index is 1100. The van der Waals surface area contributed by atoms with Crippen molar-refractivity contribution in [3.05, 3.63) is 78.1 Å². The van der Waals surface area contributed by atoms with Crippen molar-refractivity contribution in [2.24, 2.45) is 0 Å². The van der Waals surface area contributed by atoms with Gasteiger partial charge in [0.25, 0.3) is 5.91 Å². The van der Waals surface area contributed by atoms with E-state index < -0.39 is 0 Å². The van der Waals surface area contributed by atoms with Crippen LogP contribution in [-0.4, -0.2) is 21.0 Å². The van der Waals surface area contributed by atoms with Gasteiger partial charge in [-0.3, -0.25) is 9.78 Å². The highest BCUT2D eigenvalue weighted by molar-refractivity contribution is 7.98. The highest BCUT2D eigenvalue weighted by atomic mass is 32.2. The molecule has 1 amide bonds. The van der Waals surface area contributed by atoms with Crippen LogP contribution in [0, 0.1) is 6.92 Å². The quantitative estimate of drug-likeness (QED) is 0.518. The molecule has 6 nitrogen and oxygen atoms in total. The van der Waals surface area contributed by atoms with Gasteiger partial charge in [-0.2, -0.15) is 4.98 Å². The van der Waals surface area contributed by atoms with E-state index in [1.165, 1.54) is 11.8 Å². The third-order valence-electron chi connectivity index (χ3n) is 3.95. The number of nitrogens with one attached hydrogen (secondary N) is 1. The highest BCUT2D eigenvalue weighted by Crippen LogP contribution is 2.28. The van der Waals surface area contributed by atoms with Crippen molar-refractivity contribution in [2.75, 3.05) is 5.32 Å². The van der Waals surface area contributed by atoms with Crippen molar-refractivity contribution in [3.8, 4) is 0 Å². The molecule has 0 unspecified atom stereocenters. The zero-order valence-corrected chi connectivity index (χ0v) is 15.4. The van der Waals surface area contributed by atoms with E-state index in [1.54, 1.807) is 19.2 Å². The van der Waals surface area contributed by atoms with Crippen LogP contribution in [0.15, 0.2) is 70.2 Å². The number of amides is 1. The van der Waals surface area contributed by atoms with Crippen LogP contribution >= 0.6 is 11.8 Å². The Morgan fingerprint density at radius 1 is 1.11 bits per heavy atom. The lowest BCUT2D eigenvalue weighted by molar-refractivity contribution is 0.102. The Balaban J connectivity index is 1.56. The Labute approximate surface area is 160 Å². The van der Waals surface area contributed by atoms with E-state index in [9.17, 15) is 4.79 Å². The number of anilines is 1. The molecule has 0 saturated carbocycles. The van der Waals surface area contributed by atoms with Crippen LogP contribution in [0.2, 0.25) is 0 Å². The average molecular weight is 376 g/mol. The van der Waals surface area contributed by atoms with Gasteiger partial charge in [-0.05, 0) is 43.3 Å². The molecule has 0 aliphatic rings. The van der Waals surface area contributed by atoms with Crippen LogP contribution in [0.4, 0.5) is 5.69 Å². The van der Waals surface area contributed by atoms with Gasteiger partial charge in [-0.15, -0.1) is 11.8 Å². The minimum Gasteiger partial charge on any atom is -0.338 e. The van der Waals surface area contributed by atoms with Crippen LogP contribution in [0.25, 0.3) is 10.9 Å². The second-order valence-corrected chi connectivity index (χ2v) is 6.87. The number of fused-ring (bicyclic) bond motifs is 1. The molecule has 0 aliphatic carbocycles. The molecular weight excluding hydrogens is 360 g/mol. The van der Waals surface area contributed by atoms with Crippen molar-refractivity contribution in [2.45, 2.75) is 17.6 Å². The Hall–Kier alpha value is -3.19. The van der Waals surface area contributed by atoms with Crippen molar-refractivity contribution < 1.29 is 9.32 Å². The molecule has 0 radical (unpaired) electrons. The predicted octanol–water partition coefficient (Wildman–Crippen LogP) is 4.47. The van der Waals surface area contributed by atoms with Gasteiger partial charge in [0.1, 0.15) is 0 Å². The van der Waals surface area contributed by atoms with Crippen molar-refractivity contribution >= 4 is 34.3 Å². The molecule has 0 spiro atoms. The van der Waals surface area contributed by atoms with Gasteiger partial charge in [-0.1, -0.05) is 23.4 Å². The summed E-state index contributed by atoms with van der Waals surface area (Å²) >= 11 is 1.49. The molecule has 0 atom stereocenters. The molecular formula is C20H16N4O2S. The van der Waals surface area contributed by atoms with E-state index >= 15 is 0 Å². The number of thioether (sulfide) groups is 1. The fourth-order valence-corrected chi connectivity index (χ4v) is 3.61. The van der Waals surface area contributed by atoms with Gasteiger partial charge in [-0.25, -0.2) is 0 Å². The van der Waals surface area contributed by atoms with E-state index in [0.29, 0.717) is 23.0 Å². The largest absolute Gasteiger partial charge is 0.338 e. The zero-order valence-electron chi connectivity index (χ0n) is 14.5. The number of carbonyl (C=O) groups is 1. The monoisotopic (exact) mass is 376 g/mol. The van der Waals surface area contributed by atoms with Gasteiger partial charge < -0.3 is 9.84 Å². The summed E-state index contributed by atoms with van der Waals surface area (Å²) in [7, 11) is 0. The second kappa shape index (κ2) is 7.59. The number of nitrogens with zero attached hydrogens (tertiary/aromatic N) is 3. The SMILES string of the molecule is Cc1noc(CSc2ccccc2C(=O)Nc2cccc3ncccc23)n1. The van der Waals surface area contributed by atoms with Crippen molar-refractivity contribution in [1.29, 1.82) is 0 Å². The molecule has 0 bridgehead atoms. The lowest BCUT2D eigenvalue weighted by atomic mass is 10.1. The van der Waals surface area contributed by atoms with Gasteiger partial charge in [0.15, 0.2) is 5.82 Å². The minimum atomic E-state index is -0.170. The zero-order chi connectivity index (χ0) is 18.6. The normalized spacial score (nSPS) is 10.9. The molecule has 2 aromatic heterocycles. The topological polar surface area (TPSA) is 80.9 Å². The summed E-state index contributed by atoms with van der Waals surface area (Å²) in [6.45, 7) is 1.78. The first-order valence-corrected chi connectivity index (χ1v) is 9.35. The molecule has 0 aliphatic heterocycles. The number of rotatable bonds is 5. The third-order valence-corrected chi connectivity index (χ3v) is 5.00. The number of benzene rings is 2. The lowest BCUT2D eigenvalue weighted by Gasteiger charge is -2.11. The van der Waals surface area contributed by atoms with E-state index in [4.69, 9.17) is 4.52 Å². The lowest BCUT2D eigenvalue weighted by Crippen LogP contribution is -2.13. The third kappa shape index (κ3) is 3.83. The van der Waals surface area contributed by atoms with E-state index in [0.717, 1.165) is 21.5 Å². The van der Waals surface area contributed by atoms with Crippen molar-refractivity contribution in [3.63, 3.8) is 0 Å². The fourth-order valence-electron chi connectivity index (χ4n) is 2.72. The van der Waals surface area contributed by atoms with E-state index in [2.05, 4.69) is 20.4 Å². The molecule has 2 aromatic carbocycles. The standard InChI is InChI=1S/C20H16N4O2S/c1-13-22-19(26-24-13)12-27-18-10-3-2-6-15(18)20(25)23-17-9-4-8-16-14(17)7-5-11-21-16/h2-11H,12H2,1H3,(H,23,25). The van der Waals surface area contributed by atoms with Crippen LogP contribution in [0.5, 0.6) is 0 Å². The number of hydrogen-bond acceptors (Lipinski definition) is 6. The Morgan fingerprint density at radius 2 is 2.00 bits per heavy atom. The van der Waals surface area contributed by atoms with E-state index in [-0.39, 0.29) is 5.91 Å². The van der Waals surface area contributed by atoms with Gasteiger partial charge >= 0.3 is 0 Å². The maximum Gasteiger partial charge on any atom is 0.256 e. The first-order valence-electron chi connectivity index (χ1n) is 8.37. The van der Waals surface area contributed by atoms with Crippen molar-refractivity contribution in [1.82, 2.24) is 15.1 Å². The number of pyridine rings is 1. The van der Waals surface area contributed by atoms with Gasteiger partial charge in [0.05, 0.1) is 22.5 Å². The Kier molecular flexibility index (Phi) is 4.84. The van der Waals surface area contributed by atoms with Crippen LogP contribution in [0.1, 0.15) is 22.1 Å². The van der Waals surface area contributed by atoms with Gasteiger partial charge in [0.2, 0.25) is 5.89 Å². The summed E-state index contributed by atoms with van der Waals surface area (Å²) in [6, 6.07) is 16.9.